The van der Waals surface area contributed by atoms with E-state index in [9.17, 15) is 4.39 Å². The quantitative estimate of drug-likeness (QED) is 0.453. The number of aromatic amines is 1. The molecule has 0 fully saturated rings. The highest BCUT2D eigenvalue weighted by molar-refractivity contribution is 6.30. The molecule has 28 heavy (non-hydrogen) atoms. The summed E-state index contributed by atoms with van der Waals surface area (Å²) in [6.07, 6.45) is 0.513. The normalized spacial score (nSPS) is 12.1. The molecule has 3 N–H and O–H groups in total. The summed E-state index contributed by atoms with van der Waals surface area (Å²) in [6, 6.07) is 23.6. The molecule has 140 valence electrons. The van der Waals surface area contributed by atoms with Gasteiger partial charge in [0.25, 0.3) is 0 Å². The minimum atomic E-state index is -0.284. The van der Waals surface area contributed by atoms with Crippen molar-refractivity contribution in [3.8, 4) is 22.5 Å². The van der Waals surface area contributed by atoms with Crippen molar-refractivity contribution in [2.75, 3.05) is 0 Å². The van der Waals surface area contributed by atoms with Gasteiger partial charge >= 0.3 is 0 Å². The van der Waals surface area contributed by atoms with E-state index in [0.717, 1.165) is 33.9 Å². The summed E-state index contributed by atoms with van der Waals surface area (Å²) >= 11 is 6.04. The van der Waals surface area contributed by atoms with Gasteiger partial charge < -0.3 is 10.7 Å². The summed E-state index contributed by atoms with van der Waals surface area (Å²) < 4.78 is 13.2. The minimum Gasteiger partial charge on any atom is -0.341 e. The number of nitrogens with two attached hydrogens (primary N) is 1. The van der Waals surface area contributed by atoms with E-state index in [2.05, 4.69) is 4.98 Å². The molecule has 5 heteroatoms. The van der Waals surface area contributed by atoms with Crippen LogP contribution in [-0.4, -0.2) is 9.97 Å². The second kappa shape index (κ2) is 7.97. The Morgan fingerprint density at radius 3 is 2.25 bits per heavy atom. The van der Waals surface area contributed by atoms with E-state index >= 15 is 0 Å². The zero-order valence-electron chi connectivity index (χ0n) is 15.1. The van der Waals surface area contributed by atoms with E-state index in [1.165, 1.54) is 12.1 Å². The Bertz CT molecular complexity index is 1060. The topological polar surface area (TPSA) is 54.7 Å². The largest absolute Gasteiger partial charge is 0.341 e. The fourth-order valence-electron chi connectivity index (χ4n) is 3.19. The molecule has 1 aromatic heterocycles. The van der Waals surface area contributed by atoms with Crippen LogP contribution in [0.15, 0.2) is 78.9 Å². The van der Waals surface area contributed by atoms with Gasteiger partial charge in [0, 0.05) is 28.6 Å². The first kappa shape index (κ1) is 18.4. The average molecular weight is 392 g/mol. The summed E-state index contributed by atoms with van der Waals surface area (Å²) in [5, 5.41) is 0.683. The second-order valence-corrected chi connectivity index (χ2v) is 7.08. The van der Waals surface area contributed by atoms with Crippen molar-refractivity contribution in [1.29, 1.82) is 0 Å². The van der Waals surface area contributed by atoms with Gasteiger partial charge in [-0.15, -0.1) is 0 Å². The monoisotopic (exact) mass is 391 g/mol. The number of hydrogen-bond donors (Lipinski definition) is 2. The molecule has 0 saturated carbocycles. The molecule has 1 heterocycles. The van der Waals surface area contributed by atoms with Crippen molar-refractivity contribution in [1.82, 2.24) is 9.97 Å². The van der Waals surface area contributed by atoms with Crippen molar-refractivity contribution in [2.24, 2.45) is 5.73 Å². The molecule has 4 aromatic rings. The van der Waals surface area contributed by atoms with Crippen LogP contribution in [0.1, 0.15) is 17.4 Å². The highest BCUT2D eigenvalue weighted by Crippen LogP contribution is 2.31. The highest BCUT2D eigenvalue weighted by Gasteiger charge is 2.16. The molecule has 0 aliphatic rings. The van der Waals surface area contributed by atoms with Crippen molar-refractivity contribution in [3.63, 3.8) is 0 Å². The maximum Gasteiger partial charge on any atom is 0.123 e. The number of H-pyrrole nitrogens is 1. The molecule has 0 amide bonds. The SMILES string of the molecule is NC(Cc1nc(-c2ccccc2)c(-c2ccc(Cl)cc2)[nH]1)c1ccc(F)cc1. The molecule has 4 rings (SSSR count). The number of benzene rings is 3. The number of nitrogens with zero attached hydrogens (tertiary/aromatic N) is 1. The van der Waals surface area contributed by atoms with Gasteiger partial charge in [0.15, 0.2) is 0 Å². The van der Waals surface area contributed by atoms with Crippen LogP contribution in [0.2, 0.25) is 5.02 Å². The Hall–Kier alpha value is -2.95. The van der Waals surface area contributed by atoms with Gasteiger partial charge in [-0.2, -0.15) is 0 Å². The Morgan fingerprint density at radius 2 is 1.57 bits per heavy atom. The number of hydrogen-bond acceptors (Lipinski definition) is 2. The standard InChI is InChI=1S/C23H19ClFN3/c24-18-10-6-17(7-11-18)23-22(16-4-2-1-3-5-16)27-21(28-23)14-20(26)15-8-12-19(25)13-9-15/h1-13,20H,14,26H2,(H,27,28). The van der Waals surface area contributed by atoms with Crippen molar-refractivity contribution >= 4 is 11.6 Å². The molecule has 0 spiro atoms. The Kier molecular flexibility index (Phi) is 5.24. The van der Waals surface area contributed by atoms with E-state index in [-0.39, 0.29) is 11.9 Å². The molecule has 1 atom stereocenters. The molecule has 0 aliphatic heterocycles. The lowest BCUT2D eigenvalue weighted by Gasteiger charge is -2.10. The van der Waals surface area contributed by atoms with Crippen LogP contribution in [0.4, 0.5) is 4.39 Å². The van der Waals surface area contributed by atoms with Gasteiger partial charge in [0.1, 0.15) is 11.6 Å². The van der Waals surface area contributed by atoms with E-state index in [1.807, 2.05) is 54.6 Å². The predicted octanol–water partition coefficient (Wildman–Crippen LogP) is 5.78. The summed E-state index contributed by atoms with van der Waals surface area (Å²) in [4.78, 5) is 8.24. The molecule has 0 radical (unpaired) electrons. The molecular weight excluding hydrogens is 373 g/mol. The van der Waals surface area contributed by atoms with Crippen LogP contribution in [0.25, 0.3) is 22.5 Å². The number of imidazole rings is 1. The molecule has 1 unspecified atom stereocenters. The number of halogens is 2. The van der Waals surface area contributed by atoms with Crippen LogP contribution in [-0.2, 0) is 6.42 Å². The minimum absolute atomic E-state index is 0.273. The Labute approximate surface area is 168 Å². The molecule has 0 bridgehead atoms. The predicted molar refractivity (Wildman–Crippen MR) is 112 cm³/mol. The zero-order chi connectivity index (χ0) is 19.5. The third-order valence-electron chi connectivity index (χ3n) is 4.64. The number of rotatable bonds is 5. The summed E-state index contributed by atoms with van der Waals surface area (Å²) in [6.45, 7) is 0. The smallest absolute Gasteiger partial charge is 0.123 e. The maximum absolute atomic E-state index is 13.2. The van der Waals surface area contributed by atoms with Gasteiger partial charge in [-0.3, -0.25) is 0 Å². The van der Waals surface area contributed by atoms with Gasteiger partial charge in [0.05, 0.1) is 11.4 Å². The summed E-state index contributed by atoms with van der Waals surface area (Å²) in [5.41, 5.74) is 11.0. The first-order valence-corrected chi connectivity index (χ1v) is 9.39. The highest BCUT2D eigenvalue weighted by atomic mass is 35.5. The first-order valence-electron chi connectivity index (χ1n) is 9.01. The lowest BCUT2D eigenvalue weighted by Crippen LogP contribution is -2.14. The summed E-state index contributed by atoms with van der Waals surface area (Å²) in [5.74, 6) is 0.506. The van der Waals surface area contributed by atoms with E-state index in [1.54, 1.807) is 12.1 Å². The van der Waals surface area contributed by atoms with Crippen LogP contribution < -0.4 is 5.73 Å². The van der Waals surface area contributed by atoms with E-state index in [4.69, 9.17) is 22.3 Å². The first-order chi connectivity index (χ1) is 13.6. The Morgan fingerprint density at radius 1 is 0.893 bits per heavy atom. The van der Waals surface area contributed by atoms with E-state index in [0.29, 0.717) is 11.4 Å². The average Bonchev–Trinajstić information content (AvgIpc) is 3.13. The van der Waals surface area contributed by atoms with Crippen molar-refractivity contribution in [3.05, 3.63) is 101 Å². The van der Waals surface area contributed by atoms with Crippen LogP contribution >= 0.6 is 11.6 Å². The maximum atomic E-state index is 13.2. The third kappa shape index (κ3) is 3.98. The molecule has 0 aliphatic carbocycles. The number of aromatic nitrogens is 2. The summed E-state index contributed by atoms with van der Waals surface area (Å²) in [7, 11) is 0. The fourth-order valence-corrected chi connectivity index (χ4v) is 3.31. The Balaban J connectivity index is 1.70. The second-order valence-electron chi connectivity index (χ2n) is 6.64. The molecule has 3 nitrogen and oxygen atoms in total. The van der Waals surface area contributed by atoms with E-state index < -0.39 is 0 Å². The molecule has 0 saturated heterocycles. The van der Waals surface area contributed by atoms with Gasteiger partial charge in [0.2, 0.25) is 0 Å². The lowest BCUT2D eigenvalue weighted by molar-refractivity contribution is 0.623. The van der Waals surface area contributed by atoms with Crippen LogP contribution in [0.5, 0.6) is 0 Å². The van der Waals surface area contributed by atoms with Gasteiger partial charge in [-0.05, 0) is 29.8 Å². The van der Waals surface area contributed by atoms with Gasteiger partial charge in [-0.1, -0.05) is 66.2 Å². The zero-order valence-corrected chi connectivity index (χ0v) is 15.8. The van der Waals surface area contributed by atoms with Crippen LogP contribution in [0, 0.1) is 5.82 Å². The molecule has 3 aromatic carbocycles. The molecular formula is C23H19ClFN3. The number of nitrogens with one attached hydrogen (secondary N) is 1. The van der Waals surface area contributed by atoms with Gasteiger partial charge in [-0.25, -0.2) is 9.37 Å². The van der Waals surface area contributed by atoms with Crippen molar-refractivity contribution < 1.29 is 4.39 Å². The third-order valence-corrected chi connectivity index (χ3v) is 4.90. The van der Waals surface area contributed by atoms with Crippen LogP contribution in [0.3, 0.4) is 0 Å². The fraction of sp³-hybridized carbons (Fsp3) is 0.0870. The van der Waals surface area contributed by atoms with Crippen molar-refractivity contribution in [2.45, 2.75) is 12.5 Å². The lowest BCUT2D eigenvalue weighted by atomic mass is 10.0.